The van der Waals surface area contributed by atoms with E-state index in [0.29, 0.717) is 16.4 Å². The van der Waals surface area contributed by atoms with Crippen molar-refractivity contribution in [1.82, 2.24) is 19.7 Å². The van der Waals surface area contributed by atoms with Gasteiger partial charge in [0.25, 0.3) is 5.91 Å². The van der Waals surface area contributed by atoms with Crippen LogP contribution < -0.4 is 10.6 Å². The molecule has 4 heterocycles. The summed E-state index contributed by atoms with van der Waals surface area (Å²) in [6.45, 7) is 0. The van der Waals surface area contributed by atoms with Gasteiger partial charge in [-0.1, -0.05) is 30.3 Å². The molecule has 1 amide bonds. The lowest BCUT2D eigenvalue weighted by molar-refractivity contribution is 0.103. The summed E-state index contributed by atoms with van der Waals surface area (Å²) in [5, 5.41) is 16.6. The smallest absolute Gasteiger partial charge is 0.265 e. The van der Waals surface area contributed by atoms with E-state index < -0.39 is 0 Å². The number of nitrogens with one attached hydrogen (secondary N) is 2. The Bertz CT molecular complexity index is 1740. The van der Waals surface area contributed by atoms with Gasteiger partial charge in [0.2, 0.25) is 0 Å². The molecule has 8 heteroatoms. The predicted molar refractivity (Wildman–Crippen MR) is 143 cm³/mol. The molecule has 0 bridgehead atoms. The van der Waals surface area contributed by atoms with Gasteiger partial charge in [-0.2, -0.15) is 0 Å². The Balaban J connectivity index is 1.24. The maximum atomic E-state index is 12.8. The van der Waals surface area contributed by atoms with Crippen LogP contribution >= 0.6 is 11.3 Å². The normalized spacial score (nSPS) is 11.7. The number of amides is 1. The molecule has 0 fully saturated rings. The highest BCUT2D eigenvalue weighted by molar-refractivity contribution is 7.20. The molecule has 0 saturated heterocycles. The topological polar surface area (TPSA) is 84.7 Å². The van der Waals surface area contributed by atoms with Gasteiger partial charge in [0.1, 0.15) is 0 Å². The molecule has 1 aliphatic rings. The second kappa shape index (κ2) is 8.14. The number of carbonyl (C=O) groups is 1. The van der Waals surface area contributed by atoms with Crippen LogP contribution in [0, 0.1) is 0 Å². The van der Waals surface area contributed by atoms with Crippen LogP contribution in [0.25, 0.3) is 38.5 Å². The Morgan fingerprint density at radius 3 is 2.56 bits per heavy atom. The van der Waals surface area contributed by atoms with Crippen molar-refractivity contribution in [2.45, 2.75) is 0 Å². The SMILES string of the molecule is O=C(Nc1ccc(-c2nnc3n2-c2cccnc2Nc2ccccc2-3)cc1)c1cc2ccccc2s1. The first kappa shape index (κ1) is 20.5. The molecule has 2 N–H and O–H groups in total. The zero-order chi connectivity index (χ0) is 24.1. The molecule has 0 atom stereocenters. The first-order valence-electron chi connectivity index (χ1n) is 11.4. The number of pyridine rings is 1. The van der Waals surface area contributed by atoms with Gasteiger partial charge in [0.15, 0.2) is 17.5 Å². The van der Waals surface area contributed by atoms with Crippen molar-refractivity contribution < 1.29 is 4.79 Å². The number of rotatable bonds is 3. The zero-order valence-electron chi connectivity index (χ0n) is 18.8. The Hall–Kier alpha value is -4.82. The molecule has 7 nitrogen and oxygen atoms in total. The molecule has 0 spiro atoms. The van der Waals surface area contributed by atoms with Crippen LogP contribution in [0.4, 0.5) is 17.2 Å². The maximum Gasteiger partial charge on any atom is 0.265 e. The monoisotopic (exact) mass is 486 g/mol. The van der Waals surface area contributed by atoms with Crippen molar-refractivity contribution in [2.24, 2.45) is 0 Å². The van der Waals surface area contributed by atoms with Crippen LogP contribution in [-0.2, 0) is 0 Å². The van der Waals surface area contributed by atoms with E-state index in [2.05, 4.69) is 25.8 Å². The van der Waals surface area contributed by atoms with E-state index in [-0.39, 0.29) is 5.91 Å². The molecule has 0 radical (unpaired) electrons. The fraction of sp³-hybridized carbons (Fsp3) is 0. The van der Waals surface area contributed by atoms with Gasteiger partial charge in [0, 0.05) is 27.7 Å². The Morgan fingerprint density at radius 1 is 0.861 bits per heavy atom. The van der Waals surface area contributed by atoms with Gasteiger partial charge in [-0.15, -0.1) is 21.5 Å². The van der Waals surface area contributed by atoms with Crippen LogP contribution in [0.5, 0.6) is 0 Å². The minimum atomic E-state index is -0.122. The quantitative estimate of drug-likeness (QED) is 0.297. The van der Waals surface area contributed by atoms with Gasteiger partial charge in [-0.25, -0.2) is 4.98 Å². The molecule has 0 aliphatic carbocycles. The van der Waals surface area contributed by atoms with Crippen LogP contribution in [0.2, 0.25) is 0 Å². The number of para-hydroxylation sites is 1. The molecular weight excluding hydrogens is 468 g/mol. The Labute approximate surface area is 210 Å². The van der Waals surface area contributed by atoms with E-state index in [0.717, 1.165) is 44.2 Å². The Morgan fingerprint density at radius 2 is 1.67 bits per heavy atom. The molecule has 0 saturated carbocycles. The summed E-state index contributed by atoms with van der Waals surface area (Å²) in [5.74, 6) is 2.04. The van der Waals surface area contributed by atoms with Crippen LogP contribution in [-0.4, -0.2) is 25.7 Å². The summed E-state index contributed by atoms with van der Waals surface area (Å²) in [4.78, 5) is 18.1. The molecule has 7 rings (SSSR count). The fourth-order valence-corrected chi connectivity index (χ4v) is 5.41. The Kier molecular flexibility index (Phi) is 4.65. The molecule has 3 aromatic heterocycles. The minimum absolute atomic E-state index is 0.122. The second-order valence-corrected chi connectivity index (χ2v) is 9.49. The molecule has 6 aromatic rings. The van der Waals surface area contributed by atoms with E-state index in [1.54, 1.807) is 6.20 Å². The largest absolute Gasteiger partial charge is 0.338 e. The minimum Gasteiger partial charge on any atom is -0.338 e. The molecule has 0 unspecified atom stereocenters. The lowest BCUT2D eigenvalue weighted by atomic mass is 10.1. The number of carbonyl (C=O) groups excluding carboxylic acids is 1. The van der Waals surface area contributed by atoms with Gasteiger partial charge in [-0.05, 0) is 66.0 Å². The van der Waals surface area contributed by atoms with Crippen molar-refractivity contribution in [1.29, 1.82) is 0 Å². The van der Waals surface area contributed by atoms with E-state index in [9.17, 15) is 4.79 Å². The highest BCUT2D eigenvalue weighted by Crippen LogP contribution is 2.39. The van der Waals surface area contributed by atoms with Crippen LogP contribution in [0.15, 0.2) is 97.2 Å². The number of benzene rings is 3. The summed E-state index contributed by atoms with van der Waals surface area (Å²) in [6.07, 6.45) is 1.76. The first-order valence-corrected chi connectivity index (χ1v) is 12.2. The van der Waals surface area contributed by atoms with Crippen molar-refractivity contribution in [2.75, 3.05) is 10.6 Å². The summed E-state index contributed by atoms with van der Waals surface area (Å²) in [5.41, 5.74) is 4.33. The second-order valence-electron chi connectivity index (χ2n) is 8.40. The van der Waals surface area contributed by atoms with E-state index in [1.165, 1.54) is 11.3 Å². The third kappa shape index (κ3) is 3.35. The molecule has 1 aliphatic heterocycles. The maximum absolute atomic E-state index is 12.8. The lowest BCUT2D eigenvalue weighted by Gasteiger charge is -2.11. The average Bonchev–Trinajstić information content (AvgIpc) is 3.52. The number of nitrogens with zero attached hydrogens (tertiary/aromatic N) is 4. The van der Waals surface area contributed by atoms with Gasteiger partial charge < -0.3 is 10.6 Å². The number of hydrogen-bond donors (Lipinski definition) is 2. The molecular formula is C28H18N6OS. The third-order valence-corrected chi connectivity index (χ3v) is 7.28. The highest BCUT2D eigenvalue weighted by atomic mass is 32.1. The van der Waals surface area contributed by atoms with E-state index in [1.807, 2.05) is 95.6 Å². The fourth-order valence-electron chi connectivity index (χ4n) is 4.45. The number of aromatic nitrogens is 4. The summed E-state index contributed by atoms with van der Waals surface area (Å²) in [7, 11) is 0. The standard InChI is InChI=1S/C28H18N6OS/c35-28(24-16-18-6-1-4-10-23(18)36-24)30-19-13-11-17(12-14-19)26-32-33-27-20-7-2-3-8-21(20)31-25-22(34(26)27)9-5-15-29-25/h1-16H,(H,29,31)(H,30,35). The molecule has 36 heavy (non-hydrogen) atoms. The van der Waals surface area contributed by atoms with E-state index >= 15 is 0 Å². The molecule has 3 aromatic carbocycles. The summed E-state index contributed by atoms with van der Waals surface area (Å²) >= 11 is 1.49. The number of thiophene rings is 1. The number of hydrogen-bond acceptors (Lipinski definition) is 6. The van der Waals surface area contributed by atoms with Crippen LogP contribution in [0.3, 0.4) is 0 Å². The van der Waals surface area contributed by atoms with Crippen molar-refractivity contribution in [3.8, 4) is 28.5 Å². The summed E-state index contributed by atoms with van der Waals surface area (Å²) < 4.78 is 3.11. The summed E-state index contributed by atoms with van der Waals surface area (Å²) in [6, 6.07) is 29.5. The van der Waals surface area contributed by atoms with Gasteiger partial charge in [0.05, 0.1) is 16.3 Å². The highest BCUT2D eigenvalue weighted by Gasteiger charge is 2.24. The van der Waals surface area contributed by atoms with E-state index in [4.69, 9.17) is 0 Å². The van der Waals surface area contributed by atoms with Crippen LogP contribution in [0.1, 0.15) is 9.67 Å². The predicted octanol–water partition coefficient (Wildman–Crippen LogP) is 6.52. The van der Waals surface area contributed by atoms with Gasteiger partial charge in [-0.3, -0.25) is 9.36 Å². The molecule has 172 valence electrons. The van der Waals surface area contributed by atoms with Crippen molar-refractivity contribution in [3.05, 3.63) is 102 Å². The van der Waals surface area contributed by atoms with Crippen molar-refractivity contribution >= 4 is 44.5 Å². The number of anilines is 3. The lowest BCUT2D eigenvalue weighted by Crippen LogP contribution is -2.09. The number of fused-ring (bicyclic) bond motifs is 6. The van der Waals surface area contributed by atoms with Gasteiger partial charge >= 0.3 is 0 Å². The first-order chi connectivity index (χ1) is 17.7. The van der Waals surface area contributed by atoms with Crippen molar-refractivity contribution in [3.63, 3.8) is 0 Å². The average molecular weight is 487 g/mol. The zero-order valence-corrected chi connectivity index (χ0v) is 19.7. The third-order valence-electron chi connectivity index (χ3n) is 6.16.